The van der Waals surface area contributed by atoms with Crippen LogP contribution in [0, 0.1) is 6.92 Å². The summed E-state index contributed by atoms with van der Waals surface area (Å²) in [6, 6.07) is 14.7. The topological polar surface area (TPSA) is 79.8 Å². The molecule has 2 aromatic rings. The minimum atomic E-state index is -0.488. The Bertz CT molecular complexity index is 832. The molecule has 2 amide bonds. The van der Waals surface area contributed by atoms with Crippen LogP contribution in [-0.2, 0) is 9.59 Å². The monoisotopic (exact) mass is 369 g/mol. The summed E-state index contributed by atoms with van der Waals surface area (Å²) in [5.41, 5.74) is 2.54. The van der Waals surface area contributed by atoms with E-state index in [0.29, 0.717) is 10.9 Å². The fourth-order valence-electron chi connectivity index (χ4n) is 2.38. The molecule has 1 saturated heterocycles. The average molecular weight is 369 g/mol. The molecule has 0 aliphatic carbocycles. The Hall–Kier alpha value is -2.80. The number of benzene rings is 2. The van der Waals surface area contributed by atoms with E-state index in [2.05, 4.69) is 15.6 Å². The summed E-state index contributed by atoms with van der Waals surface area (Å²) < 4.78 is 5.10. The maximum absolute atomic E-state index is 12.2. The van der Waals surface area contributed by atoms with Crippen molar-refractivity contribution < 1.29 is 14.3 Å². The summed E-state index contributed by atoms with van der Waals surface area (Å²) in [6.45, 7) is 1.98. The van der Waals surface area contributed by atoms with Gasteiger partial charge in [-0.3, -0.25) is 9.59 Å². The Morgan fingerprint density at radius 3 is 2.54 bits per heavy atom. The largest absolute Gasteiger partial charge is 0.497 e. The molecule has 1 aliphatic heterocycles. The maximum atomic E-state index is 12.2. The van der Waals surface area contributed by atoms with Crippen LogP contribution in [0.5, 0.6) is 5.75 Å². The molecule has 6 nitrogen and oxygen atoms in total. The van der Waals surface area contributed by atoms with Gasteiger partial charge in [0.05, 0.1) is 12.8 Å². The van der Waals surface area contributed by atoms with Crippen molar-refractivity contribution in [3.8, 4) is 5.75 Å². The number of ether oxygens (including phenoxy) is 1. The van der Waals surface area contributed by atoms with Gasteiger partial charge in [-0.15, -0.1) is 0 Å². The van der Waals surface area contributed by atoms with Crippen LogP contribution in [0.15, 0.2) is 53.5 Å². The first kappa shape index (κ1) is 18.0. The number of amidine groups is 1. The number of amides is 2. The fourth-order valence-corrected chi connectivity index (χ4v) is 3.37. The fraction of sp³-hybridized carbons (Fsp3) is 0.211. The average Bonchev–Trinajstić information content (AvgIpc) is 2.96. The number of hydrogen-bond acceptors (Lipinski definition) is 5. The predicted molar refractivity (Wildman–Crippen MR) is 104 cm³/mol. The first-order chi connectivity index (χ1) is 12.5. The van der Waals surface area contributed by atoms with Gasteiger partial charge in [0.1, 0.15) is 11.0 Å². The molecule has 1 fully saturated rings. The molecule has 7 heteroatoms. The SMILES string of the molecule is COc1ccc(N=C2NC(=O)[C@H](CC(=O)Nc3ccc(C)cc3)S2)cc1. The number of hydrogen-bond donors (Lipinski definition) is 2. The first-order valence-electron chi connectivity index (χ1n) is 8.10. The highest BCUT2D eigenvalue weighted by Crippen LogP contribution is 2.26. The lowest BCUT2D eigenvalue weighted by Crippen LogP contribution is -2.28. The quantitative estimate of drug-likeness (QED) is 0.848. The second-order valence-electron chi connectivity index (χ2n) is 5.83. The van der Waals surface area contributed by atoms with Gasteiger partial charge in [-0.2, -0.15) is 0 Å². The first-order valence-corrected chi connectivity index (χ1v) is 8.98. The molecule has 0 saturated carbocycles. The van der Waals surface area contributed by atoms with Gasteiger partial charge in [-0.05, 0) is 43.3 Å². The van der Waals surface area contributed by atoms with E-state index in [4.69, 9.17) is 4.74 Å². The van der Waals surface area contributed by atoms with Gasteiger partial charge in [0.2, 0.25) is 11.8 Å². The van der Waals surface area contributed by atoms with E-state index >= 15 is 0 Å². The molecule has 1 aliphatic rings. The highest BCUT2D eigenvalue weighted by atomic mass is 32.2. The Morgan fingerprint density at radius 2 is 1.88 bits per heavy atom. The number of rotatable bonds is 5. The normalized spacial score (nSPS) is 17.8. The van der Waals surface area contributed by atoms with Crippen molar-refractivity contribution in [3.63, 3.8) is 0 Å². The molecule has 0 unspecified atom stereocenters. The van der Waals surface area contributed by atoms with Crippen molar-refractivity contribution in [2.45, 2.75) is 18.6 Å². The van der Waals surface area contributed by atoms with Crippen LogP contribution in [0.2, 0.25) is 0 Å². The van der Waals surface area contributed by atoms with Gasteiger partial charge < -0.3 is 15.4 Å². The number of aliphatic imine (C=N–C) groups is 1. The van der Waals surface area contributed by atoms with Crippen LogP contribution >= 0.6 is 11.8 Å². The van der Waals surface area contributed by atoms with Crippen molar-refractivity contribution in [1.82, 2.24) is 5.32 Å². The zero-order chi connectivity index (χ0) is 18.5. The minimum Gasteiger partial charge on any atom is -0.497 e. The van der Waals surface area contributed by atoms with E-state index < -0.39 is 5.25 Å². The van der Waals surface area contributed by atoms with E-state index in [0.717, 1.165) is 17.0 Å². The molecular weight excluding hydrogens is 350 g/mol. The summed E-state index contributed by atoms with van der Waals surface area (Å²) in [4.78, 5) is 28.7. The third-order valence-corrected chi connectivity index (χ3v) is 4.87. The third kappa shape index (κ3) is 4.64. The Kier molecular flexibility index (Phi) is 5.58. The molecule has 134 valence electrons. The minimum absolute atomic E-state index is 0.0893. The van der Waals surface area contributed by atoms with Crippen LogP contribution in [-0.4, -0.2) is 29.3 Å². The van der Waals surface area contributed by atoms with Crippen molar-refractivity contribution in [2.75, 3.05) is 12.4 Å². The molecule has 2 N–H and O–H groups in total. The lowest BCUT2D eigenvalue weighted by atomic mass is 10.2. The van der Waals surface area contributed by atoms with Gasteiger partial charge in [-0.1, -0.05) is 29.5 Å². The van der Waals surface area contributed by atoms with Gasteiger partial charge in [0.25, 0.3) is 0 Å². The number of nitrogens with one attached hydrogen (secondary N) is 2. The highest BCUT2D eigenvalue weighted by molar-refractivity contribution is 8.15. The van der Waals surface area contributed by atoms with Crippen molar-refractivity contribution in [2.24, 2.45) is 4.99 Å². The molecular formula is C19H19N3O3S. The Labute approximate surface area is 156 Å². The number of thioether (sulfide) groups is 1. The van der Waals surface area contributed by atoms with E-state index in [1.165, 1.54) is 11.8 Å². The number of carbonyl (C=O) groups excluding carboxylic acids is 2. The Morgan fingerprint density at radius 1 is 1.19 bits per heavy atom. The molecule has 0 spiro atoms. The van der Waals surface area contributed by atoms with Crippen molar-refractivity contribution >= 4 is 40.1 Å². The number of anilines is 1. The molecule has 1 atom stereocenters. The Balaban J connectivity index is 1.59. The molecule has 0 aromatic heterocycles. The molecule has 1 heterocycles. The van der Waals surface area contributed by atoms with E-state index in [-0.39, 0.29) is 18.2 Å². The number of nitrogens with zero attached hydrogens (tertiary/aromatic N) is 1. The molecule has 3 rings (SSSR count). The number of methoxy groups -OCH3 is 1. The summed E-state index contributed by atoms with van der Waals surface area (Å²) in [7, 11) is 1.60. The second kappa shape index (κ2) is 8.05. The van der Waals surface area contributed by atoms with Crippen molar-refractivity contribution in [3.05, 3.63) is 54.1 Å². The van der Waals surface area contributed by atoms with Gasteiger partial charge in [0.15, 0.2) is 5.17 Å². The van der Waals surface area contributed by atoms with E-state index in [9.17, 15) is 9.59 Å². The standard InChI is InChI=1S/C19H19N3O3S/c1-12-3-5-13(6-4-12)20-17(23)11-16-18(24)22-19(26-16)21-14-7-9-15(25-2)10-8-14/h3-10,16H,11H2,1-2H3,(H,20,23)(H,21,22,24)/t16-/m0/s1. The van der Waals surface area contributed by atoms with E-state index in [1.54, 1.807) is 31.4 Å². The van der Waals surface area contributed by atoms with Crippen LogP contribution in [0.3, 0.4) is 0 Å². The zero-order valence-corrected chi connectivity index (χ0v) is 15.3. The summed E-state index contributed by atoms with van der Waals surface area (Å²) in [5.74, 6) is 0.330. The van der Waals surface area contributed by atoms with Gasteiger partial charge in [0, 0.05) is 12.1 Å². The van der Waals surface area contributed by atoms with Crippen molar-refractivity contribution in [1.29, 1.82) is 0 Å². The zero-order valence-electron chi connectivity index (χ0n) is 14.5. The molecule has 26 heavy (non-hydrogen) atoms. The predicted octanol–water partition coefficient (Wildman–Crippen LogP) is 3.25. The van der Waals surface area contributed by atoms with Crippen LogP contribution in [0.25, 0.3) is 0 Å². The third-order valence-electron chi connectivity index (χ3n) is 3.79. The van der Waals surface area contributed by atoms with Gasteiger partial charge in [-0.25, -0.2) is 4.99 Å². The smallest absolute Gasteiger partial charge is 0.240 e. The second-order valence-corrected chi connectivity index (χ2v) is 7.02. The van der Waals surface area contributed by atoms with Crippen LogP contribution in [0.1, 0.15) is 12.0 Å². The lowest BCUT2D eigenvalue weighted by Gasteiger charge is -2.07. The van der Waals surface area contributed by atoms with Crippen LogP contribution < -0.4 is 15.4 Å². The molecule has 0 radical (unpaired) electrons. The molecule has 0 bridgehead atoms. The summed E-state index contributed by atoms with van der Waals surface area (Å²) in [5, 5.41) is 5.53. The number of aryl methyl sites for hydroxylation is 1. The molecule has 2 aromatic carbocycles. The van der Waals surface area contributed by atoms with Crippen LogP contribution in [0.4, 0.5) is 11.4 Å². The maximum Gasteiger partial charge on any atom is 0.240 e. The number of carbonyl (C=O) groups is 2. The lowest BCUT2D eigenvalue weighted by molar-refractivity contribution is -0.122. The van der Waals surface area contributed by atoms with Gasteiger partial charge >= 0.3 is 0 Å². The summed E-state index contributed by atoms with van der Waals surface area (Å²) >= 11 is 1.26. The highest BCUT2D eigenvalue weighted by Gasteiger charge is 2.32. The summed E-state index contributed by atoms with van der Waals surface area (Å²) in [6.07, 6.45) is 0.0893. The van der Waals surface area contributed by atoms with E-state index in [1.807, 2.05) is 31.2 Å².